The first-order valence-electron chi connectivity index (χ1n) is 7.18. The van der Waals surface area contributed by atoms with Crippen LogP contribution in [-0.2, 0) is 9.59 Å². The van der Waals surface area contributed by atoms with Crippen molar-refractivity contribution < 1.29 is 9.59 Å². The van der Waals surface area contributed by atoms with Crippen LogP contribution >= 0.6 is 0 Å². The van der Waals surface area contributed by atoms with E-state index in [0.717, 1.165) is 19.4 Å². The van der Waals surface area contributed by atoms with Crippen LogP contribution in [0.4, 0.5) is 5.69 Å². The highest BCUT2D eigenvalue weighted by molar-refractivity contribution is 5.90. The van der Waals surface area contributed by atoms with Crippen molar-refractivity contribution in [2.45, 2.75) is 45.6 Å². The second kappa shape index (κ2) is 6.54. The van der Waals surface area contributed by atoms with Crippen LogP contribution in [0.15, 0.2) is 12.4 Å². The Hall–Kier alpha value is -1.85. The number of carbonyl (C=O) groups is 2. The van der Waals surface area contributed by atoms with Gasteiger partial charge in [-0.25, -0.2) is 0 Å². The Kier molecular flexibility index (Phi) is 4.76. The Morgan fingerprint density at radius 2 is 2.25 bits per heavy atom. The molecule has 6 heteroatoms. The van der Waals surface area contributed by atoms with Crippen molar-refractivity contribution in [1.82, 2.24) is 14.7 Å². The van der Waals surface area contributed by atoms with Crippen LogP contribution < -0.4 is 5.32 Å². The summed E-state index contributed by atoms with van der Waals surface area (Å²) < 4.78 is 1.80. The molecule has 1 saturated heterocycles. The van der Waals surface area contributed by atoms with E-state index in [1.807, 2.05) is 20.0 Å². The Balaban J connectivity index is 1.78. The number of nitrogens with zero attached hydrogens (tertiary/aromatic N) is 3. The summed E-state index contributed by atoms with van der Waals surface area (Å²) in [4.78, 5) is 25.3. The topological polar surface area (TPSA) is 67.2 Å². The summed E-state index contributed by atoms with van der Waals surface area (Å²) in [5.41, 5.74) is 0.702. The molecule has 20 heavy (non-hydrogen) atoms. The van der Waals surface area contributed by atoms with Gasteiger partial charge < -0.3 is 10.2 Å². The molecular weight excluding hydrogens is 256 g/mol. The molecule has 6 nitrogen and oxygen atoms in total. The van der Waals surface area contributed by atoms with E-state index in [-0.39, 0.29) is 17.9 Å². The SMILES string of the molecule is CC(C)n1cc(NC(=O)CCN2CCCCC2=O)cn1. The van der Waals surface area contributed by atoms with Gasteiger partial charge in [0.05, 0.1) is 11.9 Å². The molecule has 1 aliphatic heterocycles. The van der Waals surface area contributed by atoms with Crippen molar-refractivity contribution >= 4 is 17.5 Å². The van der Waals surface area contributed by atoms with Gasteiger partial charge in [0.25, 0.3) is 0 Å². The van der Waals surface area contributed by atoms with E-state index in [1.165, 1.54) is 0 Å². The highest BCUT2D eigenvalue weighted by Crippen LogP contribution is 2.12. The highest BCUT2D eigenvalue weighted by atomic mass is 16.2. The zero-order chi connectivity index (χ0) is 14.5. The lowest BCUT2D eigenvalue weighted by Gasteiger charge is -2.26. The second-order valence-electron chi connectivity index (χ2n) is 5.44. The van der Waals surface area contributed by atoms with Crippen molar-refractivity contribution in [3.8, 4) is 0 Å². The first kappa shape index (κ1) is 14.6. The summed E-state index contributed by atoms with van der Waals surface area (Å²) >= 11 is 0. The van der Waals surface area contributed by atoms with Crippen molar-refractivity contribution in [2.24, 2.45) is 0 Å². The van der Waals surface area contributed by atoms with Crippen LogP contribution in [0.2, 0.25) is 0 Å². The molecule has 0 saturated carbocycles. The van der Waals surface area contributed by atoms with E-state index in [0.29, 0.717) is 25.1 Å². The third-order valence-corrected chi connectivity index (χ3v) is 3.44. The van der Waals surface area contributed by atoms with Crippen LogP contribution in [-0.4, -0.2) is 39.6 Å². The molecule has 110 valence electrons. The minimum atomic E-state index is -0.0771. The van der Waals surface area contributed by atoms with E-state index in [9.17, 15) is 9.59 Å². The van der Waals surface area contributed by atoms with Gasteiger partial charge in [-0.05, 0) is 26.7 Å². The zero-order valence-corrected chi connectivity index (χ0v) is 12.1. The molecule has 1 aromatic heterocycles. The quantitative estimate of drug-likeness (QED) is 0.893. The molecule has 2 rings (SSSR count). The van der Waals surface area contributed by atoms with E-state index in [2.05, 4.69) is 10.4 Å². The Bertz CT molecular complexity index is 481. The molecular formula is C14H22N4O2. The summed E-state index contributed by atoms with van der Waals surface area (Å²) in [6, 6.07) is 0.270. The fourth-order valence-corrected chi connectivity index (χ4v) is 2.24. The largest absolute Gasteiger partial charge is 0.342 e. The minimum absolute atomic E-state index is 0.0771. The van der Waals surface area contributed by atoms with Crippen molar-refractivity contribution in [3.05, 3.63) is 12.4 Å². The number of nitrogens with one attached hydrogen (secondary N) is 1. The third kappa shape index (κ3) is 3.82. The average molecular weight is 278 g/mol. The molecule has 0 aliphatic carbocycles. The Morgan fingerprint density at radius 1 is 1.45 bits per heavy atom. The van der Waals surface area contributed by atoms with Gasteiger partial charge in [-0.3, -0.25) is 14.3 Å². The second-order valence-corrected chi connectivity index (χ2v) is 5.44. The van der Waals surface area contributed by atoms with Crippen LogP contribution in [0.3, 0.4) is 0 Å². The summed E-state index contributed by atoms with van der Waals surface area (Å²) in [5, 5.41) is 6.98. The fourth-order valence-electron chi connectivity index (χ4n) is 2.24. The van der Waals surface area contributed by atoms with Crippen LogP contribution in [0, 0.1) is 0 Å². The van der Waals surface area contributed by atoms with E-state index >= 15 is 0 Å². The molecule has 0 radical (unpaired) electrons. The molecule has 0 aromatic carbocycles. The third-order valence-electron chi connectivity index (χ3n) is 3.44. The molecule has 0 bridgehead atoms. The first-order valence-corrected chi connectivity index (χ1v) is 7.18. The molecule has 2 heterocycles. The first-order chi connectivity index (χ1) is 9.56. The smallest absolute Gasteiger partial charge is 0.226 e. The van der Waals surface area contributed by atoms with Crippen LogP contribution in [0.5, 0.6) is 0 Å². The van der Waals surface area contributed by atoms with Gasteiger partial charge in [0, 0.05) is 38.2 Å². The molecule has 1 N–H and O–H groups in total. The summed E-state index contributed by atoms with van der Waals surface area (Å²) in [6.45, 7) is 5.33. The van der Waals surface area contributed by atoms with Gasteiger partial charge >= 0.3 is 0 Å². The maximum Gasteiger partial charge on any atom is 0.226 e. The molecule has 1 fully saturated rings. The number of hydrogen-bond acceptors (Lipinski definition) is 3. The number of piperidine rings is 1. The maximum atomic E-state index is 11.9. The van der Waals surface area contributed by atoms with Crippen molar-refractivity contribution in [3.63, 3.8) is 0 Å². The number of amides is 2. The zero-order valence-electron chi connectivity index (χ0n) is 12.1. The summed E-state index contributed by atoms with van der Waals surface area (Å²) in [6.07, 6.45) is 6.41. The molecule has 2 amide bonds. The predicted octanol–water partition coefficient (Wildman–Crippen LogP) is 1.81. The molecule has 1 aromatic rings. The lowest BCUT2D eigenvalue weighted by atomic mass is 10.1. The van der Waals surface area contributed by atoms with Crippen molar-refractivity contribution in [1.29, 1.82) is 0 Å². The number of likely N-dealkylation sites (tertiary alicyclic amines) is 1. The summed E-state index contributed by atoms with van der Waals surface area (Å²) in [7, 11) is 0. The van der Waals surface area contributed by atoms with Gasteiger partial charge in [0.2, 0.25) is 11.8 Å². The molecule has 0 spiro atoms. The van der Waals surface area contributed by atoms with Crippen LogP contribution in [0.1, 0.15) is 45.6 Å². The lowest BCUT2D eigenvalue weighted by Crippen LogP contribution is -2.37. The van der Waals surface area contributed by atoms with E-state index in [1.54, 1.807) is 15.8 Å². The maximum absolute atomic E-state index is 11.9. The van der Waals surface area contributed by atoms with Gasteiger partial charge in [-0.2, -0.15) is 5.10 Å². The summed E-state index contributed by atoms with van der Waals surface area (Å²) in [5.74, 6) is 0.0864. The van der Waals surface area contributed by atoms with Crippen LogP contribution in [0.25, 0.3) is 0 Å². The fraction of sp³-hybridized carbons (Fsp3) is 0.643. The minimum Gasteiger partial charge on any atom is -0.342 e. The number of aromatic nitrogens is 2. The van der Waals surface area contributed by atoms with E-state index < -0.39 is 0 Å². The Morgan fingerprint density at radius 3 is 2.90 bits per heavy atom. The number of anilines is 1. The highest BCUT2D eigenvalue weighted by Gasteiger charge is 2.18. The van der Waals surface area contributed by atoms with Gasteiger partial charge in [0.1, 0.15) is 0 Å². The van der Waals surface area contributed by atoms with Gasteiger partial charge in [-0.15, -0.1) is 0 Å². The van der Waals surface area contributed by atoms with E-state index in [4.69, 9.17) is 0 Å². The molecule has 1 aliphatic rings. The standard InChI is InChI=1S/C14H22N4O2/c1-11(2)18-10-12(9-15-18)16-13(19)6-8-17-7-4-3-5-14(17)20/h9-11H,3-8H2,1-2H3,(H,16,19). The predicted molar refractivity (Wildman–Crippen MR) is 76.3 cm³/mol. The number of rotatable bonds is 5. The monoisotopic (exact) mass is 278 g/mol. The van der Waals surface area contributed by atoms with Gasteiger partial charge in [0.15, 0.2) is 0 Å². The Labute approximate surface area is 119 Å². The van der Waals surface area contributed by atoms with Crippen molar-refractivity contribution in [2.75, 3.05) is 18.4 Å². The average Bonchev–Trinajstić information content (AvgIpc) is 2.86. The number of carbonyl (C=O) groups excluding carboxylic acids is 2. The number of hydrogen-bond donors (Lipinski definition) is 1. The van der Waals surface area contributed by atoms with Gasteiger partial charge in [-0.1, -0.05) is 0 Å². The normalized spacial score (nSPS) is 15.8. The molecule has 0 atom stereocenters. The lowest BCUT2D eigenvalue weighted by molar-refractivity contribution is -0.133. The molecule has 0 unspecified atom stereocenters.